The van der Waals surface area contributed by atoms with Gasteiger partial charge in [-0.05, 0) is 12.3 Å². The smallest absolute Gasteiger partial charge is 0.244 e. The zero-order chi connectivity index (χ0) is 8.27. The van der Waals surface area contributed by atoms with Crippen molar-refractivity contribution in [3.05, 3.63) is 12.2 Å². The molecule has 2 heteroatoms. The van der Waals surface area contributed by atoms with Gasteiger partial charge in [-0.3, -0.25) is 4.79 Å². The summed E-state index contributed by atoms with van der Waals surface area (Å²) in [4.78, 5) is 10.6. The predicted octanol–water partition coefficient (Wildman–Crippen LogP) is 1.61. The van der Waals surface area contributed by atoms with Gasteiger partial charge in [-0.25, -0.2) is 0 Å². The van der Waals surface area contributed by atoms with Crippen LogP contribution in [0.5, 0.6) is 0 Å². The molecule has 2 nitrogen and oxygen atoms in total. The third-order valence-electron chi connectivity index (χ3n) is 2.36. The minimum Gasteiger partial charge on any atom is -0.366 e. The van der Waals surface area contributed by atoms with Crippen molar-refractivity contribution in [2.75, 3.05) is 0 Å². The summed E-state index contributed by atoms with van der Waals surface area (Å²) >= 11 is 0. The fraction of sp³-hybridized carbons (Fsp3) is 0.667. The number of carbonyl (C=O) groups is 1. The standard InChI is InChI=1S/C9H15NO/c1-7(9(10)11)6-8-4-2-3-5-8/h8H,1-6H2,(H2,10,11). The van der Waals surface area contributed by atoms with Crippen molar-refractivity contribution in [3.63, 3.8) is 0 Å². The molecular formula is C9H15NO. The van der Waals surface area contributed by atoms with Gasteiger partial charge in [-0.15, -0.1) is 0 Å². The van der Waals surface area contributed by atoms with Gasteiger partial charge in [-0.1, -0.05) is 32.3 Å². The first-order chi connectivity index (χ1) is 5.20. The van der Waals surface area contributed by atoms with Crippen molar-refractivity contribution in [2.45, 2.75) is 32.1 Å². The van der Waals surface area contributed by atoms with Gasteiger partial charge in [0.25, 0.3) is 0 Å². The Labute approximate surface area is 67.5 Å². The van der Waals surface area contributed by atoms with Crippen molar-refractivity contribution < 1.29 is 4.79 Å². The number of hydrogen-bond acceptors (Lipinski definition) is 1. The van der Waals surface area contributed by atoms with Gasteiger partial charge in [0.2, 0.25) is 5.91 Å². The van der Waals surface area contributed by atoms with Crippen molar-refractivity contribution in [3.8, 4) is 0 Å². The van der Waals surface area contributed by atoms with E-state index in [0.717, 1.165) is 6.42 Å². The zero-order valence-corrected chi connectivity index (χ0v) is 6.81. The Balaban J connectivity index is 2.29. The lowest BCUT2D eigenvalue weighted by Gasteiger charge is -2.07. The molecular weight excluding hydrogens is 138 g/mol. The summed E-state index contributed by atoms with van der Waals surface area (Å²) in [6.45, 7) is 3.64. The SMILES string of the molecule is C=C(CC1CCCC1)C(N)=O. The molecule has 0 radical (unpaired) electrons. The minimum absolute atomic E-state index is 0.336. The number of carbonyl (C=O) groups excluding carboxylic acids is 1. The molecule has 1 aliphatic rings. The van der Waals surface area contributed by atoms with Gasteiger partial charge in [0.1, 0.15) is 0 Å². The first kappa shape index (κ1) is 8.31. The molecule has 0 heterocycles. The summed E-state index contributed by atoms with van der Waals surface area (Å²) in [5.41, 5.74) is 5.67. The van der Waals surface area contributed by atoms with E-state index in [1.54, 1.807) is 0 Å². The monoisotopic (exact) mass is 153 g/mol. The minimum atomic E-state index is -0.336. The molecule has 0 bridgehead atoms. The summed E-state index contributed by atoms with van der Waals surface area (Å²) in [6, 6.07) is 0. The van der Waals surface area contributed by atoms with Crippen LogP contribution in [0.25, 0.3) is 0 Å². The number of hydrogen-bond donors (Lipinski definition) is 1. The molecule has 1 fully saturated rings. The molecule has 0 spiro atoms. The Bertz CT molecular complexity index is 168. The molecule has 0 atom stereocenters. The average Bonchev–Trinajstić information content (AvgIpc) is 2.39. The second kappa shape index (κ2) is 3.56. The predicted molar refractivity (Wildman–Crippen MR) is 44.9 cm³/mol. The third-order valence-corrected chi connectivity index (χ3v) is 2.36. The lowest BCUT2D eigenvalue weighted by atomic mass is 9.99. The highest BCUT2D eigenvalue weighted by Crippen LogP contribution is 2.29. The number of primary amides is 1. The Morgan fingerprint density at radius 3 is 2.45 bits per heavy atom. The molecule has 2 N–H and O–H groups in total. The third kappa shape index (κ3) is 2.37. The first-order valence-corrected chi connectivity index (χ1v) is 4.17. The van der Waals surface area contributed by atoms with E-state index in [-0.39, 0.29) is 5.91 Å². The lowest BCUT2D eigenvalue weighted by Crippen LogP contribution is -2.14. The summed E-state index contributed by atoms with van der Waals surface area (Å²) in [6.07, 6.45) is 5.90. The van der Waals surface area contributed by atoms with Gasteiger partial charge in [-0.2, -0.15) is 0 Å². The maximum absolute atomic E-state index is 10.6. The molecule has 0 aromatic carbocycles. The molecule has 62 valence electrons. The van der Waals surface area contributed by atoms with Crippen molar-refractivity contribution in [1.29, 1.82) is 0 Å². The summed E-state index contributed by atoms with van der Waals surface area (Å²) in [7, 11) is 0. The fourth-order valence-corrected chi connectivity index (χ4v) is 1.66. The highest BCUT2D eigenvalue weighted by molar-refractivity contribution is 5.91. The molecule has 1 amide bonds. The molecule has 11 heavy (non-hydrogen) atoms. The second-order valence-electron chi connectivity index (χ2n) is 3.32. The van der Waals surface area contributed by atoms with Crippen LogP contribution in [0.1, 0.15) is 32.1 Å². The summed E-state index contributed by atoms with van der Waals surface area (Å²) < 4.78 is 0. The molecule has 0 saturated heterocycles. The van der Waals surface area contributed by atoms with Gasteiger partial charge in [0.15, 0.2) is 0 Å². The van der Waals surface area contributed by atoms with Crippen LogP contribution < -0.4 is 5.73 Å². The fourth-order valence-electron chi connectivity index (χ4n) is 1.66. The Kier molecular flexibility index (Phi) is 2.69. The van der Waals surface area contributed by atoms with E-state index in [9.17, 15) is 4.79 Å². The lowest BCUT2D eigenvalue weighted by molar-refractivity contribution is -0.114. The normalized spacial score (nSPS) is 18.5. The van der Waals surface area contributed by atoms with E-state index in [4.69, 9.17) is 5.73 Å². The molecule has 0 aliphatic heterocycles. The van der Waals surface area contributed by atoms with E-state index >= 15 is 0 Å². The molecule has 1 rings (SSSR count). The van der Waals surface area contributed by atoms with Crippen LogP contribution >= 0.6 is 0 Å². The molecule has 0 aromatic heterocycles. The van der Waals surface area contributed by atoms with E-state index in [1.165, 1.54) is 25.7 Å². The molecule has 1 aliphatic carbocycles. The van der Waals surface area contributed by atoms with Crippen LogP contribution in [0.2, 0.25) is 0 Å². The van der Waals surface area contributed by atoms with E-state index in [1.807, 2.05) is 0 Å². The van der Waals surface area contributed by atoms with Gasteiger partial charge < -0.3 is 5.73 Å². The molecule has 0 unspecified atom stereocenters. The van der Waals surface area contributed by atoms with Gasteiger partial charge in [0.05, 0.1) is 0 Å². The molecule has 1 saturated carbocycles. The van der Waals surface area contributed by atoms with E-state index in [2.05, 4.69) is 6.58 Å². The van der Waals surface area contributed by atoms with Crippen LogP contribution in [0.15, 0.2) is 12.2 Å². The van der Waals surface area contributed by atoms with Gasteiger partial charge in [0, 0.05) is 5.57 Å². The zero-order valence-electron chi connectivity index (χ0n) is 6.81. The first-order valence-electron chi connectivity index (χ1n) is 4.17. The molecule has 0 aromatic rings. The van der Waals surface area contributed by atoms with E-state index < -0.39 is 0 Å². The number of rotatable bonds is 3. The van der Waals surface area contributed by atoms with Crippen molar-refractivity contribution in [1.82, 2.24) is 0 Å². The summed E-state index contributed by atoms with van der Waals surface area (Å²) in [5, 5.41) is 0. The number of nitrogens with two attached hydrogens (primary N) is 1. The van der Waals surface area contributed by atoms with Crippen LogP contribution in [0.3, 0.4) is 0 Å². The Morgan fingerprint density at radius 2 is 2.00 bits per heavy atom. The maximum atomic E-state index is 10.6. The topological polar surface area (TPSA) is 43.1 Å². The van der Waals surface area contributed by atoms with Crippen LogP contribution in [-0.2, 0) is 4.79 Å². The largest absolute Gasteiger partial charge is 0.366 e. The highest BCUT2D eigenvalue weighted by Gasteiger charge is 2.17. The number of amides is 1. The van der Waals surface area contributed by atoms with Crippen LogP contribution in [0.4, 0.5) is 0 Å². The quantitative estimate of drug-likeness (QED) is 0.615. The maximum Gasteiger partial charge on any atom is 0.244 e. The van der Waals surface area contributed by atoms with Crippen LogP contribution in [0, 0.1) is 5.92 Å². The Morgan fingerprint density at radius 1 is 1.45 bits per heavy atom. The summed E-state index contributed by atoms with van der Waals surface area (Å²) in [5.74, 6) is 0.340. The van der Waals surface area contributed by atoms with Crippen LogP contribution in [-0.4, -0.2) is 5.91 Å². The van der Waals surface area contributed by atoms with Crippen molar-refractivity contribution >= 4 is 5.91 Å². The second-order valence-corrected chi connectivity index (χ2v) is 3.32. The Hall–Kier alpha value is -0.790. The highest BCUT2D eigenvalue weighted by atomic mass is 16.1. The van der Waals surface area contributed by atoms with E-state index in [0.29, 0.717) is 11.5 Å². The van der Waals surface area contributed by atoms with Gasteiger partial charge >= 0.3 is 0 Å². The average molecular weight is 153 g/mol. The van der Waals surface area contributed by atoms with Crippen molar-refractivity contribution in [2.24, 2.45) is 11.7 Å².